The number of benzene rings is 1. The average Bonchev–Trinajstić information content (AvgIpc) is 3.53. The number of methoxy groups -OCH3 is 1. The quantitative estimate of drug-likeness (QED) is 0.149. The third kappa shape index (κ3) is 8.46. The number of carbonyl (C=O) groups is 5. The van der Waals surface area contributed by atoms with E-state index in [4.69, 9.17) is 4.74 Å². The molecule has 216 valence electrons. The van der Waals surface area contributed by atoms with Gasteiger partial charge in [-0.1, -0.05) is 23.5 Å². The van der Waals surface area contributed by atoms with Gasteiger partial charge in [0.05, 0.1) is 50.0 Å². The van der Waals surface area contributed by atoms with E-state index in [1.54, 1.807) is 31.4 Å². The maximum absolute atomic E-state index is 12.8. The summed E-state index contributed by atoms with van der Waals surface area (Å²) in [6.45, 7) is 0.355. The number of amides is 4. The number of carbonyl (C=O) groups excluding carboxylic acids is 5. The number of hydrogen-bond donors (Lipinski definition) is 6. The summed E-state index contributed by atoms with van der Waals surface area (Å²) in [6.07, 6.45) is 0.0304. The summed E-state index contributed by atoms with van der Waals surface area (Å²) in [4.78, 5) is 65.7. The zero-order chi connectivity index (χ0) is 29.2. The van der Waals surface area contributed by atoms with Crippen LogP contribution in [0.3, 0.4) is 0 Å². The van der Waals surface area contributed by atoms with Crippen molar-refractivity contribution in [3.05, 3.63) is 40.9 Å². The number of ether oxygens (including phenoxy) is 1. The molecule has 4 atom stereocenters. The molecule has 1 aliphatic rings. The minimum Gasteiger partial charge on any atom is -0.497 e. The number of aliphatic hydroxyl groups excluding tert-OH is 2. The van der Waals surface area contributed by atoms with Gasteiger partial charge in [-0.05, 0) is 31.0 Å². The molecular weight excluding hydrogens is 544 g/mol. The summed E-state index contributed by atoms with van der Waals surface area (Å²) < 4.78 is 5.13. The zero-order valence-corrected chi connectivity index (χ0v) is 22.8. The van der Waals surface area contributed by atoms with E-state index >= 15 is 0 Å². The molecule has 1 aromatic heterocycles. The summed E-state index contributed by atoms with van der Waals surface area (Å²) in [6, 6.07) is 5.48. The predicted molar refractivity (Wildman–Crippen MR) is 144 cm³/mol. The molecule has 40 heavy (non-hydrogen) atoms. The molecule has 1 unspecified atom stereocenters. The van der Waals surface area contributed by atoms with Crippen LogP contribution in [0.4, 0.5) is 5.13 Å². The Labute approximate surface area is 234 Å². The maximum Gasteiger partial charge on any atom is 0.242 e. The van der Waals surface area contributed by atoms with E-state index < -0.39 is 61.0 Å². The number of nitrogens with zero attached hydrogens (tertiary/aromatic N) is 2. The monoisotopic (exact) mass is 576 g/mol. The summed E-state index contributed by atoms with van der Waals surface area (Å²) >= 11 is 1.08. The first-order valence-corrected chi connectivity index (χ1v) is 13.2. The first-order valence-electron chi connectivity index (χ1n) is 12.4. The standard InChI is InChI=1S/C25H32N6O8S/c1-14(30-21(35)10-29-25-28-8-17(13-32)40-25)24(38)27-9-20(34)26-11-22(36)31-12-19(33)23(37)18(31)7-15-3-5-16(39-2)6-4-15/h3-6,8,13-14,18-19,23,33,37H,7,9-12H2,1-2H3,(H,26,34)(H,27,38)(H,28,29)(H,30,35)/t14?,18-,19+,23+/m1/s1. The highest BCUT2D eigenvalue weighted by atomic mass is 32.1. The molecule has 0 aliphatic carbocycles. The molecule has 2 aromatic rings. The SMILES string of the molecule is COc1ccc(C[C@@H]2[C@H](O)[C@@H](O)CN2C(=O)CNC(=O)CNC(=O)C(C)NC(=O)CNc2ncc(C=O)s2)cc1. The van der Waals surface area contributed by atoms with Crippen molar-refractivity contribution in [3.63, 3.8) is 0 Å². The first-order chi connectivity index (χ1) is 19.1. The van der Waals surface area contributed by atoms with Crippen molar-refractivity contribution in [2.45, 2.75) is 37.6 Å². The smallest absolute Gasteiger partial charge is 0.242 e. The fourth-order valence-corrected chi connectivity index (χ4v) is 4.63. The Morgan fingerprint density at radius 1 is 1.12 bits per heavy atom. The van der Waals surface area contributed by atoms with Crippen molar-refractivity contribution in [1.82, 2.24) is 25.8 Å². The second kappa shape index (κ2) is 14.3. The molecule has 0 bridgehead atoms. The van der Waals surface area contributed by atoms with Crippen molar-refractivity contribution < 1.29 is 38.9 Å². The van der Waals surface area contributed by atoms with Crippen LogP contribution in [0.1, 0.15) is 22.2 Å². The van der Waals surface area contributed by atoms with Gasteiger partial charge >= 0.3 is 0 Å². The molecule has 1 aromatic carbocycles. The lowest BCUT2D eigenvalue weighted by Gasteiger charge is -2.26. The zero-order valence-electron chi connectivity index (χ0n) is 22.0. The van der Waals surface area contributed by atoms with E-state index in [0.29, 0.717) is 28.5 Å². The number of rotatable bonds is 13. The van der Waals surface area contributed by atoms with Gasteiger partial charge in [0.2, 0.25) is 23.6 Å². The van der Waals surface area contributed by atoms with E-state index in [2.05, 4.69) is 26.3 Å². The van der Waals surface area contributed by atoms with Crippen LogP contribution in [-0.4, -0.2) is 108 Å². The molecule has 2 heterocycles. The van der Waals surface area contributed by atoms with E-state index in [9.17, 15) is 34.2 Å². The highest BCUT2D eigenvalue weighted by molar-refractivity contribution is 7.17. The van der Waals surface area contributed by atoms with Gasteiger partial charge in [-0.15, -0.1) is 0 Å². The third-order valence-electron chi connectivity index (χ3n) is 6.17. The van der Waals surface area contributed by atoms with E-state index in [-0.39, 0.29) is 13.1 Å². The van der Waals surface area contributed by atoms with E-state index in [1.807, 2.05) is 0 Å². The molecule has 3 rings (SSSR count). The molecule has 1 aliphatic heterocycles. The van der Waals surface area contributed by atoms with Crippen molar-refractivity contribution in [1.29, 1.82) is 0 Å². The molecule has 15 heteroatoms. The Balaban J connectivity index is 1.40. The molecule has 6 N–H and O–H groups in total. The van der Waals surface area contributed by atoms with Crippen LogP contribution in [0.2, 0.25) is 0 Å². The van der Waals surface area contributed by atoms with Gasteiger partial charge in [-0.3, -0.25) is 24.0 Å². The number of thiazole rings is 1. The predicted octanol–water partition coefficient (Wildman–Crippen LogP) is -1.71. The second-order valence-electron chi connectivity index (χ2n) is 9.05. The second-order valence-corrected chi connectivity index (χ2v) is 10.1. The lowest BCUT2D eigenvalue weighted by atomic mass is 10.0. The van der Waals surface area contributed by atoms with Gasteiger partial charge in [0, 0.05) is 6.54 Å². The maximum atomic E-state index is 12.8. The largest absolute Gasteiger partial charge is 0.497 e. The first kappa shape index (κ1) is 30.5. The van der Waals surface area contributed by atoms with Gasteiger partial charge in [-0.25, -0.2) is 4.98 Å². The average molecular weight is 577 g/mol. The molecule has 14 nitrogen and oxygen atoms in total. The van der Waals surface area contributed by atoms with Gasteiger partial charge < -0.3 is 41.1 Å². The molecular formula is C25H32N6O8S. The number of β-amino-alcohol motifs (C(OH)–C–C–N with tert-alkyl or cyclic N) is 1. The Hall–Kier alpha value is -4.08. The molecule has 1 saturated heterocycles. The van der Waals surface area contributed by atoms with Crippen LogP contribution in [0, 0.1) is 0 Å². The van der Waals surface area contributed by atoms with Gasteiger partial charge in [0.15, 0.2) is 11.4 Å². The van der Waals surface area contributed by atoms with E-state index in [1.165, 1.54) is 18.0 Å². The summed E-state index contributed by atoms with van der Waals surface area (Å²) in [5.41, 5.74) is 0.829. The fourth-order valence-electron chi connectivity index (χ4n) is 4.00. The number of anilines is 1. The Morgan fingerprint density at radius 2 is 1.85 bits per heavy atom. The molecule has 1 fully saturated rings. The summed E-state index contributed by atoms with van der Waals surface area (Å²) in [5, 5.41) is 30.9. The number of hydrogen-bond acceptors (Lipinski definition) is 11. The minimum absolute atomic E-state index is 0.0830. The number of nitrogens with one attached hydrogen (secondary N) is 4. The minimum atomic E-state index is -1.15. The van der Waals surface area contributed by atoms with Gasteiger partial charge in [0.1, 0.15) is 17.9 Å². The van der Waals surface area contributed by atoms with E-state index in [0.717, 1.165) is 16.9 Å². The van der Waals surface area contributed by atoms with Gasteiger partial charge in [-0.2, -0.15) is 0 Å². The molecule has 0 saturated carbocycles. The van der Waals surface area contributed by atoms with Crippen molar-refractivity contribution in [3.8, 4) is 5.75 Å². The Bertz CT molecular complexity index is 1210. The van der Waals surface area contributed by atoms with Crippen LogP contribution in [0.25, 0.3) is 0 Å². The van der Waals surface area contributed by atoms with Crippen LogP contribution in [0.15, 0.2) is 30.5 Å². The number of aldehydes is 1. The number of aliphatic hydroxyl groups is 2. The normalized spacial score (nSPS) is 18.9. The number of likely N-dealkylation sites (tertiary alicyclic amines) is 1. The third-order valence-corrected chi connectivity index (χ3v) is 7.05. The fraction of sp³-hybridized carbons (Fsp3) is 0.440. The van der Waals surface area contributed by atoms with Crippen LogP contribution >= 0.6 is 11.3 Å². The summed E-state index contributed by atoms with van der Waals surface area (Å²) in [5.74, 6) is -1.59. The molecule has 4 amide bonds. The number of aromatic nitrogens is 1. The van der Waals surface area contributed by atoms with Gasteiger partial charge in [0.25, 0.3) is 0 Å². The van der Waals surface area contributed by atoms with Crippen LogP contribution in [0.5, 0.6) is 5.75 Å². The van der Waals surface area contributed by atoms with Crippen molar-refractivity contribution >= 4 is 46.4 Å². The molecule has 0 radical (unpaired) electrons. The molecule has 0 spiro atoms. The Kier molecular flexibility index (Phi) is 10.9. The highest BCUT2D eigenvalue weighted by Crippen LogP contribution is 2.23. The van der Waals surface area contributed by atoms with Crippen molar-refractivity contribution in [2.75, 3.05) is 38.6 Å². The van der Waals surface area contributed by atoms with Crippen LogP contribution in [-0.2, 0) is 25.6 Å². The highest BCUT2D eigenvalue weighted by Gasteiger charge is 2.42. The Morgan fingerprint density at radius 3 is 2.50 bits per heavy atom. The lowest BCUT2D eigenvalue weighted by Crippen LogP contribution is -2.50. The lowest BCUT2D eigenvalue weighted by molar-refractivity contribution is -0.134. The van der Waals surface area contributed by atoms with Crippen molar-refractivity contribution in [2.24, 2.45) is 0 Å². The topological polar surface area (TPSA) is 199 Å². The van der Waals surface area contributed by atoms with Crippen LogP contribution < -0.4 is 26.0 Å². The summed E-state index contributed by atoms with van der Waals surface area (Å²) in [7, 11) is 1.54.